The molecule has 6 nitrogen and oxygen atoms in total. The van der Waals surface area contributed by atoms with Crippen molar-refractivity contribution in [3.8, 4) is 0 Å². The number of methoxy groups -OCH3 is 1. The minimum absolute atomic E-state index is 0.0387. The molecule has 20 heavy (non-hydrogen) atoms. The quantitative estimate of drug-likeness (QED) is 0.782. The van der Waals surface area contributed by atoms with E-state index < -0.39 is 5.97 Å². The molecule has 0 aromatic heterocycles. The Morgan fingerprint density at radius 3 is 2.65 bits per heavy atom. The van der Waals surface area contributed by atoms with E-state index in [1.54, 1.807) is 24.1 Å². The van der Waals surface area contributed by atoms with Crippen LogP contribution in [0.25, 0.3) is 0 Å². The number of carboxylic acid groups (broad SMARTS) is 1. The summed E-state index contributed by atoms with van der Waals surface area (Å²) >= 11 is 0. The van der Waals surface area contributed by atoms with Crippen LogP contribution in [0.3, 0.4) is 0 Å². The number of hydrogen-bond donors (Lipinski definition) is 1. The SMILES string of the molecule is COCCOC1CN(C(=O)c2cccc(C(=O)O)c2)C1. The zero-order chi connectivity index (χ0) is 14.5. The predicted molar refractivity (Wildman–Crippen MR) is 70.9 cm³/mol. The van der Waals surface area contributed by atoms with Crippen LogP contribution in [0.4, 0.5) is 0 Å². The minimum Gasteiger partial charge on any atom is -0.478 e. The molecule has 108 valence electrons. The summed E-state index contributed by atoms with van der Waals surface area (Å²) in [7, 11) is 1.61. The molecule has 0 radical (unpaired) electrons. The number of likely N-dealkylation sites (tertiary alicyclic amines) is 1. The maximum absolute atomic E-state index is 12.1. The topological polar surface area (TPSA) is 76.1 Å². The zero-order valence-electron chi connectivity index (χ0n) is 11.2. The maximum atomic E-state index is 12.1. The Labute approximate surface area is 116 Å². The fourth-order valence-corrected chi connectivity index (χ4v) is 1.98. The molecule has 1 aromatic rings. The monoisotopic (exact) mass is 279 g/mol. The highest BCUT2D eigenvalue weighted by molar-refractivity contribution is 5.97. The van der Waals surface area contributed by atoms with Crippen molar-refractivity contribution in [3.63, 3.8) is 0 Å². The van der Waals surface area contributed by atoms with Gasteiger partial charge in [0.1, 0.15) is 0 Å². The van der Waals surface area contributed by atoms with Crippen LogP contribution in [0, 0.1) is 0 Å². The Morgan fingerprint density at radius 2 is 2.00 bits per heavy atom. The molecule has 0 aliphatic carbocycles. The second-order valence-electron chi connectivity index (χ2n) is 4.58. The lowest BCUT2D eigenvalue weighted by molar-refractivity contribution is -0.0554. The molecule has 0 atom stereocenters. The number of benzene rings is 1. The molecule has 0 spiro atoms. The van der Waals surface area contributed by atoms with Crippen molar-refractivity contribution in [3.05, 3.63) is 35.4 Å². The van der Waals surface area contributed by atoms with E-state index in [4.69, 9.17) is 14.6 Å². The molecular weight excluding hydrogens is 262 g/mol. The third kappa shape index (κ3) is 3.34. The van der Waals surface area contributed by atoms with E-state index in [2.05, 4.69) is 0 Å². The summed E-state index contributed by atoms with van der Waals surface area (Å²) in [5.74, 6) is -1.20. The average Bonchev–Trinajstić information content (AvgIpc) is 2.41. The lowest BCUT2D eigenvalue weighted by Gasteiger charge is -2.38. The van der Waals surface area contributed by atoms with Crippen molar-refractivity contribution >= 4 is 11.9 Å². The van der Waals surface area contributed by atoms with Gasteiger partial charge in [0.2, 0.25) is 0 Å². The zero-order valence-corrected chi connectivity index (χ0v) is 11.2. The first kappa shape index (κ1) is 14.5. The number of carbonyl (C=O) groups is 2. The molecule has 1 aliphatic heterocycles. The van der Waals surface area contributed by atoms with Crippen LogP contribution in [-0.4, -0.2) is 61.4 Å². The van der Waals surface area contributed by atoms with E-state index in [0.29, 0.717) is 31.9 Å². The molecular formula is C14H17NO5. The number of carbonyl (C=O) groups excluding carboxylic acids is 1. The third-order valence-corrected chi connectivity index (χ3v) is 3.13. The molecule has 0 saturated carbocycles. The Morgan fingerprint density at radius 1 is 1.30 bits per heavy atom. The summed E-state index contributed by atoms with van der Waals surface area (Å²) in [4.78, 5) is 24.6. The van der Waals surface area contributed by atoms with Crippen molar-refractivity contribution in [1.29, 1.82) is 0 Å². The van der Waals surface area contributed by atoms with Crippen molar-refractivity contribution < 1.29 is 24.2 Å². The van der Waals surface area contributed by atoms with Crippen LogP contribution in [0.5, 0.6) is 0 Å². The van der Waals surface area contributed by atoms with Crippen molar-refractivity contribution in [2.75, 3.05) is 33.4 Å². The summed E-state index contributed by atoms with van der Waals surface area (Å²) in [6.45, 7) is 2.10. The van der Waals surface area contributed by atoms with Gasteiger partial charge in [-0.25, -0.2) is 4.79 Å². The van der Waals surface area contributed by atoms with Crippen molar-refractivity contribution in [2.45, 2.75) is 6.10 Å². The van der Waals surface area contributed by atoms with Gasteiger partial charge in [0, 0.05) is 25.8 Å². The smallest absolute Gasteiger partial charge is 0.335 e. The first-order chi connectivity index (χ1) is 9.61. The van der Waals surface area contributed by atoms with Crippen molar-refractivity contribution in [2.24, 2.45) is 0 Å². The van der Waals surface area contributed by atoms with Gasteiger partial charge in [-0.1, -0.05) is 6.07 Å². The normalized spacial score (nSPS) is 14.9. The summed E-state index contributed by atoms with van der Waals surface area (Å²) in [5, 5.41) is 8.91. The Bertz CT molecular complexity index is 496. The van der Waals surface area contributed by atoms with E-state index in [1.807, 2.05) is 0 Å². The molecule has 1 N–H and O–H groups in total. The van der Waals surface area contributed by atoms with E-state index in [0.717, 1.165) is 0 Å². The minimum atomic E-state index is -1.04. The number of rotatable bonds is 6. The Hall–Kier alpha value is -1.92. The molecule has 2 rings (SSSR count). The van der Waals surface area contributed by atoms with Gasteiger partial charge in [-0.05, 0) is 18.2 Å². The van der Waals surface area contributed by atoms with Crippen LogP contribution in [0.15, 0.2) is 24.3 Å². The number of aromatic carboxylic acids is 1. The second kappa shape index (κ2) is 6.49. The molecule has 1 amide bonds. The third-order valence-electron chi connectivity index (χ3n) is 3.13. The highest BCUT2D eigenvalue weighted by atomic mass is 16.5. The largest absolute Gasteiger partial charge is 0.478 e. The Kier molecular flexibility index (Phi) is 4.70. The highest BCUT2D eigenvalue weighted by Gasteiger charge is 2.31. The summed E-state index contributed by atoms with van der Waals surface area (Å²) in [6.07, 6.45) is 0.0387. The number of ether oxygens (including phenoxy) is 2. The average molecular weight is 279 g/mol. The number of nitrogens with zero attached hydrogens (tertiary/aromatic N) is 1. The number of amides is 1. The summed E-state index contributed by atoms with van der Waals surface area (Å²) < 4.78 is 10.4. The van der Waals surface area contributed by atoms with Crippen LogP contribution in [0.1, 0.15) is 20.7 Å². The fraction of sp³-hybridized carbons (Fsp3) is 0.429. The van der Waals surface area contributed by atoms with Gasteiger partial charge in [0.15, 0.2) is 0 Å². The van der Waals surface area contributed by atoms with Gasteiger partial charge in [0.05, 0.1) is 24.9 Å². The van der Waals surface area contributed by atoms with Gasteiger partial charge >= 0.3 is 5.97 Å². The lowest BCUT2D eigenvalue weighted by atomic mass is 10.1. The van der Waals surface area contributed by atoms with E-state index >= 15 is 0 Å². The van der Waals surface area contributed by atoms with E-state index in [9.17, 15) is 9.59 Å². The second-order valence-corrected chi connectivity index (χ2v) is 4.58. The number of carboxylic acids is 1. The van der Waals surface area contributed by atoms with Gasteiger partial charge in [-0.15, -0.1) is 0 Å². The van der Waals surface area contributed by atoms with E-state index in [-0.39, 0.29) is 17.6 Å². The Balaban J connectivity index is 1.87. The van der Waals surface area contributed by atoms with Crippen molar-refractivity contribution in [1.82, 2.24) is 4.90 Å². The molecule has 1 heterocycles. The molecule has 1 saturated heterocycles. The number of hydrogen-bond acceptors (Lipinski definition) is 4. The van der Waals surface area contributed by atoms with Gasteiger partial charge in [-0.3, -0.25) is 4.79 Å². The summed E-state index contributed by atoms with van der Waals surface area (Å²) in [5.41, 5.74) is 0.504. The molecule has 0 unspecified atom stereocenters. The molecule has 6 heteroatoms. The molecule has 1 fully saturated rings. The van der Waals surface area contributed by atoms with E-state index in [1.165, 1.54) is 12.1 Å². The van der Waals surface area contributed by atoms with Crippen LogP contribution >= 0.6 is 0 Å². The predicted octanol–water partition coefficient (Wildman–Crippen LogP) is 0.872. The first-order valence-electron chi connectivity index (χ1n) is 6.35. The van der Waals surface area contributed by atoms with Crippen LogP contribution in [0.2, 0.25) is 0 Å². The molecule has 0 bridgehead atoms. The lowest BCUT2D eigenvalue weighted by Crippen LogP contribution is -2.55. The maximum Gasteiger partial charge on any atom is 0.335 e. The van der Waals surface area contributed by atoms with Gasteiger partial charge in [-0.2, -0.15) is 0 Å². The van der Waals surface area contributed by atoms with Gasteiger partial charge < -0.3 is 19.5 Å². The molecule has 1 aliphatic rings. The summed E-state index contributed by atoms with van der Waals surface area (Å²) in [6, 6.07) is 6.05. The van der Waals surface area contributed by atoms with Crippen LogP contribution < -0.4 is 0 Å². The molecule has 1 aromatic carbocycles. The first-order valence-corrected chi connectivity index (χ1v) is 6.35. The standard InChI is InChI=1S/C14H17NO5/c1-19-5-6-20-12-8-15(9-12)13(16)10-3-2-4-11(7-10)14(17)18/h2-4,7,12H,5-6,8-9H2,1H3,(H,17,18). The fourth-order valence-electron chi connectivity index (χ4n) is 1.98. The highest BCUT2D eigenvalue weighted by Crippen LogP contribution is 2.16. The van der Waals surface area contributed by atoms with Gasteiger partial charge in [0.25, 0.3) is 5.91 Å². The van der Waals surface area contributed by atoms with Crippen LogP contribution in [-0.2, 0) is 9.47 Å².